The lowest BCUT2D eigenvalue weighted by Gasteiger charge is -2.30. The maximum Gasteiger partial charge on any atom is 0.135 e. The van der Waals surface area contributed by atoms with Gasteiger partial charge in [0.25, 0.3) is 0 Å². The maximum atomic E-state index is 11.7. The predicted octanol–water partition coefficient (Wildman–Crippen LogP) is 3.43. The summed E-state index contributed by atoms with van der Waals surface area (Å²) in [4.78, 5) is 11.7. The van der Waals surface area contributed by atoms with Crippen molar-refractivity contribution in [2.45, 2.75) is 52.4 Å². The fourth-order valence-electron chi connectivity index (χ4n) is 2.48. The zero-order valence-corrected chi connectivity index (χ0v) is 9.96. The Morgan fingerprint density at radius 3 is 2.87 bits per heavy atom. The molecule has 0 aromatic carbocycles. The quantitative estimate of drug-likeness (QED) is 0.509. The summed E-state index contributed by atoms with van der Waals surface area (Å²) in [6.07, 6.45) is 11.0. The van der Waals surface area contributed by atoms with Crippen molar-refractivity contribution in [3.63, 3.8) is 0 Å². The molecule has 0 radical (unpaired) electrons. The number of ketones is 1. The number of rotatable bonds is 4. The fraction of sp³-hybridized carbons (Fsp3) is 0.786. The highest BCUT2D eigenvalue weighted by atomic mass is 16.1. The molecule has 1 heteroatoms. The van der Waals surface area contributed by atoms with Crippen molar-refractivity contribution >= 4 is 5.78 Å². The van der Waals surface area contributed by atoms with Crippen LogP contribution in [0.3, 0.4) is 0 Å². The van der Waals surface area contributed by atoms with Crippen LogP contribution in [-0.2, 0) is 4.79 Å². The van der Waals surface area contributed by atoms with Crippen LogP contribution < -0.4 is 0 Å². The Morgan fingerprint density at radius 1 is 1.53 bits per heavy atom. The van der Waals surface area contributed by atoms with E-state index in [2.05, 4.69) is 19.8 Å². The van der Waals surface area contributed by atoms with Crippen LogP contribution in [0.1, 0.15) is 52.4 Å². The number of carbonyl (C=O) groups is 1. The van der Waals surface area contributed by atoms with E-state index in [9.17, 15) is 4.79 Å². The molecule has 0 aromatic rings. The third-order valence-electron chi connectivity index (χ3n) is 3.62. The number of hydrogen-bond donors (Lipinski definition) is 0. The summed E-state index contributed by atoms with van der Waals surface area (Å²) in [5.74, 6) is 4.89. The Balaban J connectivity index is 2.40. The van der Waals surface area contributed by atoms with Crippen molar-refractivity contribution in [3.05, 3.63) is 0 Å². The van der Waals surface area contributed by atoms with Gasteiger partial charge in [0.05, 0.1) is 0 Å². The Bertz CT molecular complexity index is 247. The van der Waals surface area contributed by atoms with Crippen LogP contribution >= 0.6 is 0 Å². The summed E-state index contributed by atoms with van der Waals surface area (Å²) in [6.45, 7) is 4.53. The lowest BCUT2D eigenvalue weighted by Crippen LogP contribution is -2.27. The molecule has 1 aliphatic carbocycles. The second-order valence-corrected chi connectivity index (χ2v) is 5.04. The highest BCUT2D eigenvalue weighted by Crippen LogP contribution is 2.33. The van der Waals surface area contributed by atoms with Crippen LogP contribution in [0.25, 0.3) is 0 Å². The van der Waals surface area contributed by atoms with E-state index in [1.54, 1.807) is 0 Å². The van der Waals surface area contributed by atoms with Crippen LogP contribution in [0.5, 0.6) is 0 Å². The second-order valence-electron chi connectivity index (χ2n) is 5.04. The standard InChI is InChI=1S/C14H22O/c1-4-5-6-7-13-10-12(11(2)3)8-9-14(13)15/h1,11-13H,5-10H2,2-3H3/t12-,13-/m0/s1. The third kappa shape index (κ3) is 3.70. The lowest BCUT2D eigenvalue weighted by atomic mass is 9.74. The summed E-state index contributed by atoms with van der Waals surface area (Å²) in [6, 6.07) is 0. The summed E-state index contributed by atoms with van der Waals surface area (Å²) in [7, 11) is 0. The minimum Gasteiger partial charge on any atom is -0.299 e. The number of Topliss-reactive ketones (excluding diaryl/α,β-unsaturated/α-hetero) is 1. The highest BCUT2D eigenvalue weighted by molar-refractivity contribution is 5.81. The van der Waals surface area contributed by atoms with Crippen LogP contribution in [-0.4, -0.2) is 5.78 Å². The molecule has 0 heterocycles. The smallest absolute Gasteiger partial charge is 0.135 e. The maximum absolute atomic E-state index is 11.7. The van der Waals surface area contributed by atoms with Gasteiger partial charge < -0.3 is 0 Å². The highest BCUT2D eigenvalue weighted by Gasteiger charge is 2.29. The molecule has 15 heavy (non-hydrogen) atoms. The first-order valence-electron chi connectivity index (χ1n) is 6.11. The predicted molar refractivity (Wildman–Crippen MR) is 63.4 cm³/mol. The van der Waals surface area contributed by atoms with E-state index in [4.69, 9.17) is 6.42 Å². The van der Waals surface area contributed by atoms with Crippen molar-refractivity contribution in [1.29, 1.82) is 0 Å². The van der Waals surface area contributed by atoms with Crippen LogP contribution in [0.15, 0.2) is 0 Å². The Hall–Kier alpha value is -0.770. The first-order chi connectivity index (χ1) is 7.15. The minimum absolute atomic E-state index is 0.305. The third-order valence-corrected chi connectivity index (χ3v) is 3.62. The average Bonchev–Trinajstić information content (AvgIpc) is 2.20. The van der Waals surface area contributed by atoms with E-state index >= 15 is 0 Å². The SMILES string of the molecule is C#CCCC[C@H]1C[C@@H](C(C)C)CCC1=O. The molecule has 0 saturated heterocycles. The van der Waals surface area contributed by atoms with Gasteiger partial charge in [0, 0.05) is 18.8 Å². The topological polar surface area (TPSA) is 17.1 Å². The molecule has 1 saturated carbocycles. The zero-order valence-electron chi connectivity index (χ0n) is 9.96. The number of terminal acetylenes is 1. The van der Waals surface area contributed by atoms with Crippen molar-refractivity contribution < 1.29 is 4.79 Å². The summed E-state index contributed by atoms with van der Waals surface area (Å²) in [5.41, 5.74) is 0. The minimum atomic E-state index is 0.305. The lowest BCUT2D eigenvalue weighted by molar-refractivity contribution is -0.126. The normalized spacial score (nSPS) is 26.7. The number of unbranched alkanes of at least 4 members (excludes halogenated alkanes) is 1. The van der Waals surface area contributed by atoms with Crippen LogP contribution in [0.2, 0.25) is 0 Å². The molecule has 0 amide bonds. The molecular weight excluding hydrogens is 184 g/mol. The van der Waals surface area contributed by atoms with Gasteiger partial charge >= 0.3 is 0 Å². The Morgan fingerprint density at radius 2 is 2.27 bits per heavy atom. The van der Waals surface area contributed by atoms with E-state index in [1.165, 1.54) is 0 Å². The van der Waals surface area contributed by atoms with Gasteiger partial charge in [0.15, 0.2) is 0 Å². The molecule has 84 valence electrons. The second kappa shape index (κ2) is 5.95. The van der Waals surface area contributed by atoms with E-state index in [-0.39, 0.29) is 0 Å². The van der Waals surface area contributed by atoms with Gasteiger partial charge in [-0.15, -0.1) is 12.3 Å². The zero-order chi connectivity index (χ0) is 11.3. The fourth-order valence-corrected chi connectivity index (χ4v) is 2.48. The van der Waals surface area contributed by atoms with Crippen molar-refractivity contribution in [1.82, 2.24) is 0 Å². The first kappa shape index (κ1) is 12.3. The summed E-state index contributed by atoms with van der Waals surface area (Å²) >= 11 is 0. The van der Waals surface area contributed by atoms with E-state index in [0.717, 1.165) is 44.4 Å². The monoisotopic (exact) mass is 206 g/mol. The summed E-state index contributed by atoms with van der Waals surface area (Å²) in [5, 5.41) is 0. The molecule has 1 fully saturated rings. The number of carbonyl (C=O) groups excluding carboxylic acids is 1. The van der Waals surface area contributed by atoms with Gasteiger partial charge in [-0.1, -0.05) is 13.8 Å². The molecule has 0 aliphatic heterocycles. The largest absolute Gasteiger partial charge is 0.299 e. The molecule has 2 atom stereocenters. The van der Waals surface area contributed by atoms with E-state index in [0.29, 0.717) is 17.6 Å². The molecule has 1 rings (SSSR count). The molecular formula is C14H22O. The summed E-state index contributed by atoms with van der Waals surface area (Å²) < 4.78 is 0. The van der Waals surface area contributed by atoms with E-state index < -0.39 is 0 Å². The van der Waals surface area contributed by atoms with Gasteiger partial charge in [0.2, 0.25) is 0 Å². The van der Waals surface area contributed by atoms with Crippen molar-refractivity contribution in [3.8, 4) is 12.3 Å². The van der Waals surface area contributed by atoms with Crippen molar-refractivity contribution in [2.75, 3.05) is 0 Å². The van der Waals surface area contributed by atoms with Crippen LogP contribution in [0.4, 0.5) is 0 Å². The van der Waals surface area contributed by atoms with Gasteiger partial charge in [-0.25, -0.2) is 0 Å². The van der Waals surface area contributed by atoms with Crippen molar-refractivity contribution in [2.24, 2.45) is 17.8 Å². The molecule has 0 aromatic heterocycles. The van der Waals surface area contributed by atoms with Crippen LogP contribution in [0, 0.1) is 30.1 Å². The Kier molecular flexibility index (Phi) is 4.88. The molecule has 0 unspecified atom stereocenters. The molecule has 1 aliphatic rings. The molecule has 0 bridgehead atoms. The van der Waals surface area contributed by atoms with Gasteiger partial charge in [-0.3, -0.25) is 4.79 Å². The molecule has 0 spiro atoms. The van der Waals surface area contributed by atoms with Gasteiger partial charge in [-0.05, 0) is 37.5 Å². The molecule has 0 N–H and O–H groups in total. The van der Waals surface area contributed by atoms with Gasteiger partial charge in [0.1, 0.15) is 5.78 Å². The molecule has 1 nitrogen and oxygen atoms in total. The Labute approximate surface area is 93.6 Å². The average molecular weight is 206 g/mol. The van der Waals surface area contributed by atoms with Gasteiger partial charge in [-0.2, -0.15) is 0 Å². The number of hydrogen-bond acceptors (Lipinski definition) is 1. The first-order valence-corrected chi connectivity index (χ1v) is 6.11. The van der Waals surface area contributed by atoms with E-state index in [1.807, 2.05) is 0 Å².